The van der Waals surface area contributed by atoms with Gasteiger partial charge in [-0.15, -0.1) is 0 Å². The number of aliphatic hydroxyl groups is 1. The molecular formula is C28H27ClF3N7O4. The molecule has 1 fully saturated rings. The van der Waals surface area contributed by atoms with E-state index < -0.39 is 12.1 Å². The number of hydrogen-bond acceptors (Lipinski definition) is 9. The molecule has 0 radical (unpaired) electrons. The van der Waals surface area contributed by atoms with Crippen LogP contribution in [-0.4, -0.2) is 86.2 Å². The Morgan fingerprint density at radius 3 is 2.42 bits per heavy atom. The van der Waals surface area contributed by atoms with Gasteiger partial charge in [0.2, 0.25) is 0 Å². The quantitative estimate of drug-likeness (QED) is 0.278. The summed E-state index contributed by atoms with van der Waals surface area (Å²) >= 11 is 5.94. The van der Waals surface area contributed by atoms with Gasteiger partial charge in [-0.3, -0.25) is 9.88 Å². The summed E-state index contributed by atoms with van der Waals surface area (Å²) in [6.07, 6.45) is 2.28. The van der Waals surface area contributed by atoms with Gasteiger partial charge in [-0.1, -0.05) is 11.6 Å². The minimum absolute atomic E-state index is 0.0626. The van der Waals surface area contributed by atoms with E-state index in [2.05, 4.69) is 26.0 Å². The lowest BCUT2D eigenvalue weighted by molar-refractivity contribution is -0.192. The molecule has 0 amide bonds. The van der Waals surface area contributed by atoms with Gasteiger partial charge in [-0.25, -0.2) is 14.3 Å². The number of ether oxygens (including phenoxy) is 1. The number of rotatable bonds is 8. The molecule has 4 aromatic heterocycles. The molecule has 1 saturated heterocycles. The second-order valence-corrected chi connectivity index (χ2v) is 9.85. The fourth-order valence-corrected chi connectivity index (χ4v) is 4.44. The molecule has 0 bridgehead atoms. The summed E-state index contributed by atoms with van der Waals surface area (Å²) in [6.45, 7) is 4.85. The molecule has 2 N–H and O–H groups in total. The molecule has 0 aromatic carbocycles. The van der Waals surface area contributed by atoms with Crippen molar-refractivity contribution in [2.45, 2.75) is 19.1 Å². The topological polar surface area (TPSA) is 140 Å². The predicted octanol–water partition coefficient (Wildman–Crippen LogP) is 4.03. The number of hydrogen-bond donors (Lipinski definition) is 2. The Kier molecular flexibility index (Phi) is 10.4. The maximum Gasteiger partial charge on any atom is 0.490 e. The zero-order chi connectivity index (χ0) is 31.0. The largest absolute Gasteiger partial charge is 0.492 e. The lowest BCUT2D eigenvalue weighted by Gasteiger charge is -2.35. The number of piperazine rings is 1. The highest BCUT2D eigenvalue weighted by Crippen LogP contribution is 2.31. The third-order valence-corrected chi connectivity index (χ3v) is 6.67. The number of aromatic nitrogens is 4. The monoisotopic (exact) mass is 617 g/mol. The number of nitrogens with zero attached hydrogens (tertiary/aromatic N) is 7. The third kappa shape index (κ3) is 8.31. The summed E-state index contributed by atoms with van der Waals surface area (Å²) in [7, 11) is 0. The summed E-state index contributed by atoms with van der Waals surface area (Å²) in [5.74, 6) is -1.22. The third-order valence-electron chi connectivity index (χ3n) is 6.45. The number of pyridine rings is 3. The Morgan fingerprint density at radius 2 is 1.84 bits per heavy atom. The van der Waals surface area contributed by atoms with Gasteiger partial charge >= 0.3 is 12.1 Å². The Labute approximate surface area is 249 Å². The SMILES string of the molecule is N#Cc1cnn2cc(OCCCO)cc(-c3ccc(N4CCN(Cc5ccc(Cl)cn5)CC4)nc3)c12.O=C(O)C(F)(F)F. The molecule has 5 heterocycles. The van der Waals surface area contributed by atoms with E-state index in [0.717, 1.165) is 55.4 Å². The first-order valence-corrected chi connectivity index (χ1v) is 13.5. The summed E-state index contributed by atoms with van der Waals surface area (Å²) in [5.41, 5.74) is 3.92. The predicted molar refractivity (Wildman–Crippen MR) is 151 cm³/mol. The van der Waals surface area contributed by atoms with E-state index in [1.54, 1.807) is 23.1 Å². The highest BCUT2D eigenvalue weighted by molar-refractivity contribution is 6.30. The van der Waals surface area contributed by atoms with Crippen molar-refractivity contribution in [2.24, 2.45) is 0 Å². The van der Waals surface area contributed by atoms with Crippen LogP contribution in [0.25, 0.3) is 16.6 Å². The Balaban J connectivity index is 0.000000541. The second-order valence-electron chi connectivity index (χ2n) is 9.42. The van der Waals surface area contributed by atoms with Gasteiger partial charge in [0.15, 0.2) is 0 Å². The van der Waals surface area contributed by atoms with Gasteiger partial charge in [-0.05, 0) is 30.3 Å². The van der Waals surface area contributed by atoms with Crippen molar-refractivity contribution in [2.75, 3.05) is 44.3 Å². The molecule has 0 saturated carbocycles. The van der Waals surface area contributed by atoms with Gasteiger partial charge in [0.05, 0.1) is 40.8 Å². The molecule has 1 aliphatic rings. The summed E-state index contributed by atoms with van der Waals surface area (Å²) < 4.78 is 39.2. The lowest BCUT2D eigenvalue weighted by Crippen LogP contribution is -2.46. The maximum absolute atomic E-state index is 10.6. The average molecular weight is 618 g/mol. The van der Waals surface area contributed by atoms with Crippen LogP contribution in [0, 0.1) is 11.3 Å². The molecule has 0 spiro atoms. The molecular weight excluding hydrogens is 591 g/mol. The van der Waals surface area contributed by atoms with Crippen LogP contribution in [0.4, 0.5) is 19.0 Å². The molecule has 4 aromatic rings. The van der Waals surface area contributed by atoms with E-state index >= 15 is 0 Å². The van der Waals surface area contributed by atoms with Crippen LogP contribution in [0.15, 0.2) is 55.1 Å². The Hall–Kier alpha value is -4.45. The molecule has 1 aliphatic heterocycles. The molecule has 0 atom stereocenters. The first kappa shape index (κ1) is 31.5. The van der Waals surface area contributed by atoms with Crippen molar-refractivity contribution in [3.05, 3.63) is 71.4 Å². The standard InChI is InChI=1S/C26H26ClN7O2.C2HF3O2/c27-21-3-4-22(29-16-21)17-32-6-8-33(9-7-32)25-5-2-19(14-30-25)24-12-23(36-11-1-10-35)18-34-26(24)20(13-28)15-31-34;3-2(4,5)1(6)7/h2-5,12,14-16,18,35H,1,6-11,17H2;(H,6,7). The smallest absolute Gasteiger partial charge is 0.490 e. The van der Waals surface area contributed by atoms with E-state index in [-0.39, 0.29) is 6.61 Å². The number of nitriles is 1. The van der Waals surface area contributed by atoms with Crippen molar-refractivity contribution in [1.29, 1.82) is 5.26 Å². The number of anilines is 1. The van der Waals surface area contributed by atoms with Crippen LogP contribution in [0.1, 0.15) is 17.7 Å². The molecule has 5 rings (SSSR count). The van der Waals surface area contributed by atoms with Crippen molar-refractivity contribution < 1.29 is 32.9 Å². The van der Waals surface area contributed by atoms with E-state index in [1.807, 2.05) is 36.5 Å². The van der Waals surface area contributed by atoms with Crippen molar-refractivity contribution >= 4 is 28.9 Å². The highest BCUT2D eigenvalue weighted by atomic mass is 35.5. The van der Waals surface area contributed by atoms with Gasteiger partial charge in [-0.2, -0.15) is 23.5 Å². The number of alkyl halides is 3. The van der Waals surface area contributed by atoms with E-state index in [0.29, 0.717) is 34.9 Å². The van der Waals surface area contributed by atoms with E-state index in [4.69, 9.17) is 36.3 Å². The Morgan fingerprint density at radius 1 is 1.09 bits per heavy atom. The van der Waals surface area contributed by atoms with Crippen molar-refractivity contribution in [3.8, 4) is 22.9 Å². The van der Waals surface area contributed by atoms with Crippen molar-refractivity contribution in [1.82, 2.24) is 24.5 Å². The van der Waals surface area contributed by atoms with Crippen LogP contribution in [0.2, 0.25) is 5.02 Å². The number of carboxylic acids is 1. The van der Waals surface area contributed by atoms with Gasteiger partial charge in [0.1, 0.15) is 17.6 Å². The minimum Gasteiger partial charge on any atom is -0.492 e. The first-order valence-electron chi connectivity index (χ1n) is 13.1. The molecule has 15 heteroatoms. The molecule has 0 unspecified atom stereocenters. The zero-order valence-corrected chi connectivity index (χ0v) is 23.5. The van der Waals surface area contributed by atoms with Crippen LogP contribution in [0.3, 0.4) is 0 Å². The number of fused-ring (bicyclic) bond motifs is 1. The zero-order valence-electron chi connectivity index (χ0n) is 22.7. The Bertz CT molecular complexity index is 1570. The number of aliphatic carboxylic acids is 1. The second kappa shape index (κ2) is 14.1. The molecule has 0 aliphatic carbocycles. The van der Waals surface area contributed by atoms with Gasteiger partial charge in [0.25, 0.3) is 0 Å². The minimum atomic E-state index is -5.08. The van der Waals surface area contributed by atoms with Crippen LogP contribution in [0.5, 0.6) is 5.75 Å². The van der Waals surface area contributed by atoms with Crippen molar-refractivity contribution in [3.63, 3.8) is 0 Å². The number of carboxylic acid groups (broad SMARTS) is 1. The number of carbonyl (C=O) groups is 1. The maximum atomic E-state index is 10.6. The van der Waals surface area contributed by atoms with Gasteiger partial charge in [0, 0.05) is 69.3 Å². The van der Waals surface area contributed by atoms with Crippen LogP contribution < -0.4 is 9.64 Å². The normalized spacial score (nSPS) is 13.7. The highest BCUT2D eigenvalue weighted by Gasteiger charge is 2.38. The molecule has 43 heavy (non-hydrogen) atoms. The van der Waals surface area contributed by atoms with Crippen LogP contribution >= 0.6 is 11.6 Å². The van der Waals surface area contributed by atoms with E-state index in [1.165, 1.54) is 0 Å². The summed E-state index contributed by atoms with van der Waals surface area (Å²) in [4.78, 5) is 22.7. The summed E-state index contributed by atoms with van der Waals surface area (Å²) in [6, 6.07) is 12.0. The average Bonchev–Trinajstić information content (AvgIpc) is 3.42. The fourth-order valence-electron chi connectivity index (χ4n) is 4.33. The van der Waals surface area contributed by atoms with E-state index in [9.17, 15) is 18.4 Å². The fraction of sp³-hybridized carbons (Fsp3) is 0.321. The van der Waals surface area contributed by atoms with Gasteiger partial charge < -0.3 is 19.8 Å². The molecule has 226 valence electrons. The summed E-state index contributed by atoms with van der Waals surface area (Å²) in [5, 5.41) is 30.7. The number of aliphatic hydroxyl groups excluding tert-OH is 1. The lowest BCUT2D eigenvalue weighted by atomic mass is 10.1. The molecule has 11 nitrogen and oxygen atoms in total. The number of halogens is 4. The van der Waals surface area contributed by atoms with Crippen LogP contribution in [-0.2, 0) is 11.3 Å². The first-order chi connectivity index (χ1) is 20.6.